The van der Waals surface area contributed by atoms with Crippen LogP contribution in [0, 0.1) is 29.5 Å². The fraction of sp³-hybridized carbons (Fsp3) is 0.514. The number of thioether (sulfide) groups is 1. The van der Waals surface area contributed by atoms with Crippen LogP contribution in [-0.2, 0) is 26.6 Å². The molecule has 11 heteroatoms. The molecule has 0 saturated heterocycles. The number of carboxylic acid groups (broad SMARTS) is 1. The van der Waals surface area contributed by atoms with Gasteiger partial charge in [0.1, 0.15) is 11.6 Å². The van der Waals surface area contributed by atoms with E-state index in [0.717, 1.165) is 65.5 Å². The molecule has 1 unspecified atom stereocenters. The number of carbonyl (C=O) groups is 1. The largest absolute Gasteiger partial charge is 0.497 e. The lowest BCUT2D eigenvalue weighted by Crippen LogP contribution is -2.47. The molecule has 2 aromatic carbocycles. The standard InChI is InChI=1S/C35H44ClFN2O5S2/c1-21(23(3)18-46(38,42)43)14-22(2)31(44-4)16-24-7-8-26(24)17-39-19-35(13-5-6-27-28(35)10-11-29(36)33(27)37)20-45-32-12-9-25(34(40)41)15-30(32)39/h9-12,14-16,21,23-24,26H,5-8,13,17-20H2,1-4H3,(H,40,41)(H2,38,42,43)/b22-14+,31-16?/t21?,23-,24+,26+,35+/m1/s1. The van der Waals surface area contributed by atoms with Crippen LogP contribution >= 0.6 is 23.4 Å². The average Bonchev–Trinajstić information content (AvgIpc) is 3.13. The predicted molar refractivity (Wildman–Crippen MR) is 184 cm³/mol. The minimum Gasteiger partial charge on any atom is -0.497 e. The highest BCUT2D eigenvalue weighted by molar-refractivity contribution is 7.99. The Morgan fingerprint density at radius 3 is 2.70 bits per heavy atom. The molecule has 5 rings (SSSR count). The number of methoxy groups -OCH3 is 1. The molecule has 2 aromatic rings. The Kier molecular flexibility index (Phi) is 10.5. The number of anilines is 1. The van der Waals surface area contributed by atoms with E-state index >= 15 is 4.39 Å². The summed E-state index contributed by atoms with van der Waals surface area (Å²) in [6, 6.07) is 9.03. The highest BCUT2D eigenvalue weighted by atomic mass is 35.5. The number of primary sulfonamides is 1. The maximum absolute atomic E-state index is 15.3. The summed E-state index contributed by atoms with van der Waals surface area (Å²) in [5.41, 5.74) is 3.53. The van der Waals surface area contributed by atoms with Crippen LogP contribution in [0.15, 0.2) is 58.7 Å². The summed E-state index contributed by atoms with van der Waals surface area (Å²) in [5, 5.41) is 15.3. The van der Waals surface area contributed by atoms with Crippen molar-refractivity contribution in [2.45, 2.75) is 63.2 Å². The normalized spacial score (nSPS) is 24.8. The molecule has 0 aromatic heterocycles. The summed E-state index contributed by atoms with van der Waals surface area (Å²) in [6.07, 6.45) is 8.69. The SMILES string of the molecule is COC(=C[C@@H]1CC[C@H]1CN1C[C@@]2(CCCc3c2ccc(Cl)c3F)CSc2ccc(C(=O)O)cc21)/C(C)=C/C(C)[C@H](C)CS(N)(=O)=O. The van der Waals surface area contributed by atoms with Gasteiger partial charge in [0.15, 0.2) is 0 Å². The van der Waals surface area contributed by atoms with Gasteiger partial charge in [-0.25, -0.2) is 22.7 Å². The molecular formula is C35H44ClFN2O5S2. The number of rotatable bonds is 10. The van der Waals surface area contributed by atoms with E-state index in [-0.39, 0.29) is 45.3 Å². The Balaban J connectivity index is 1.44. The number of hydrogen-bond donors (Lipinski definition) is 2. The van der Waals surface area contributed by atoms with Gasteiger partial charge >= 0.3 is 5.97 Å². The van der Waals surface area contributed by atoms with Gasteiger partial charge < -0.3 is 14.7 Å². The van der Waals surface area contributed by atoms with E-state index in [2.05, 4.69) is 11.0 Å². The quantitative estimate of drug-likeness (QED) is 0.197. The molecule has 7 nitrogen and oxygen atoms in total. The molecule has 0 bridgehead atoms. The Labute approximate surface area is 281 Å². The first kappa shape index (κ1) is 34.8. The van der Waals surface area contributed by atoms with E-state index in [9.17, 15) is 18.3 Å². The van der Waals surface area contributed by atoms with E-state index in [1.807, 2.05) is 39.0 Å². The number of aromatic carboxylic acids is 1. The fourth-order valence-electron chi connectivity index (χ4n) is 7.32. The van der Waals surface area contributed by atoms with Gasteiger partial charge in [-0.3, -0.25) is 0 Å². The lowest BCUT2D eigenvalue weighted by atomic mass is 9.69. The van der Waals surface area contributed by atoms with Crippen molar-refractivity contribution < 1.29 is 27.4 Å². The minimum atomic E-state index is -3.57. The molecule has 2 aliphatic carbocycles. The maximum Gasteiger partial charge on any atom is 0.335 e. The molecule has 5 atom stereocenters. The number of sulfonamides is 1. The molecular weight excluding hydrogens is 647 g/mol. The summed E-state index contributed by atoms with van der Waals surface area (Å²) in [7, 11) is -1.91. The monoisotopic (exact) mass is 690 g/mol. The Bertz CT molecular complexity index is 1660. The Morgan fingerprint density at radius 2 is 2.04 bits per heavy atom. The molecule has 1 aliphatic heterocycles. The summed E-state index contributed by atoms with van der Waals surface area (Å²) in [6.45, 7) is 7.23. The van der Waals surface area contributed by atoms with Crippen LogP contribution < -0.4 is 10.0 Å². The highest BCUT2D eigenvalue weighted by Gasteiger charge is 2.43. The third-order valence-electron chi connectivity index (χ3n) is 10.2. The van der Waals surface area contributed by atoms with Gasteiger partial charge in [-0.1, -0.05) is 37.6 Å². The molecule has 1 spiro atoms. The van der Waals surface area contributed by atoms with Crippen LogP contribution in [0.3, 0.4) is 0 Å². The van der Waals surface area contributed by atoms with Crippen molar-refractivity contribution >= 4 is 45.0 Å². The van der Waals surface area contributed by atoms with Crippen molar-refractivity contribution in [3.05, 3.63) is 81.3 Å². The van der Waals surface area contributed by atoms with Gasteiger partial charge in [-0.15, -0.1) is 11.8 Å². The zero-order chi connectivity index (χ0) is 33.4. The van der Waals surface area contributed by atoms with Gasteiger partial charge in [-0.05, 0) is 110 Å². The summed E-state index contributed by atoms with van der Waals surface area (Å²) in [5.74, 6) is 0.578. The zero-order valence-electron chi connectivity index (χ0n) is 26.9. The van der Waals surface area contributed by atoms with Crippen LogP contribution in [0.2, 0.25) is 5.02 Å². The summed E-state index contributed by atoms with van der Waals surface area (Å²) < 4.78 is 44.4. The Morgan fingerprint density at radius 1 is 1.28 bits per heavy atom. The van der Waals surface area contributed by atoms with E-state index in [1.54, 1.807) is 37.1 Å². The van der Waals surface area contributed by atoms with E-state index in [1.165, 1.54) is 0 Å². The molecule has 1 fully saturated rings. The number of carboxylic acids is 1. The smallest absolute Gasteiger partial charge is 0.335 e. The van der Waals surface area contributed by atoms with Crippen molar-refractivity contribution in [2.24, 2.45) is 28.8 Å². The third-order valence-corrected chi connectivity index (χ3v) is 12.8. The van der Waals surface area contributed by atoms with Crippen molar-refractivity contribution in [3.63, 3.8) is 0 Å². The van der Waals surface area contributed by atoms with Crippen molar-refractivity contribution in [3.8, 4) is 0 Å². The third kappa shape index (κ3) is 7.45. The van der Waals surface area contributed by atoms with Crippen LogP contribution in [0.5, 0.6) is 0 Å². The molecule has 1 heterocycles. The molecule has 0 amide bonds. The Hall–Kier alpha value is -2.53. The number of hydrogen-bond acceptors (Lipinski definition) is 6. The second-order valence-corrected chi connectivity index (χ2v) is 16.5. The van der Waals surface area contributed by atoms with Crippen molar-refractivity contribution in [2.75, 3.05) is 36.6 Å². The first-order chi connectivity index (χ1) is 21.7. The minimum absolute atomic E-state index is 0.0159. The number of halogens is 2. The molecule has 0 radical (unpaired) electrons. The first-order valence-electron chi connectivity index (χ1n) is 15.9. The maximum atomic E-state index is 15.3. The van der Waals surface area contributed by atoms with E-state index < -0.39 is 16.0 Å². The van der Waals surface area contributed by atoms with Crippen LogP contribution in [-0.4, -0.2) is 51.2 Å². The second kappa shape index (κ2) is 13.9. The summed E-state index contributed by atoms with van der Waals surface area (Å²) >= 11 is 7.93. The van der Waals surface area contributed by atoms with Gasteiger partial charge in [-0.2, -0.15) is 0 Å². The highest BCUT2D eigenvalue weighted by Crippen LogP contribution is 2.49. The number of ether oxygens (including phenoxy) is 1. The topological polar surface area (TPSA) is 110 Å². The molecule has 1 saturated carbocycles. The fourth-order valence-corrected chi connectivity index (χ4v) is 9.86. The van der Waals surface area contributed by atoms with Crippen molar-refractivity contribution in [1.82, 2.24) is 0 Å². The van der Waals surface area contributed by atoms with Crippen LogP contribution in [0.4, 0.5) is 10.1 Å². The van der Waals surface area contributed by atoms with E-state index in [0.29, 0.717) is 24.4 Å². The number of benzene rings is 2. The van der Waals surface area contributed by atoms with Crippen molar-refractivity contribution in [1.29, 1.82) is 0 Å². The number of nitrogens with zero attached hydrogens (tertiary/aromatic N) is 1. The molecule has 46 heavy (non-hydrogen) atoms. The molecule has 250 valence electrons. The number of allylic oxidation sites excluding steroid dienone is 3. The average molecular weight is 691 g/mol. The van der Waals surface area contributed by atoms with E-state index in [4.69, 9.17) is 21.5 Å². The number of fused-ring (bicyclic) bond motifs is 3. The van der Waals surface area contributed by atoms with Gasteiger partial charge in [0.25, 0.3) is 0 Å². The van der Waals surface area contributed by atoms with Gasteiger partial charge in [0.05, 0.1) is 29.1 Å². The predicted octanol–water partition coefficient (Wildman–Crippen LogP) is 7.43. The lowest BCUT2D eigenvalue weighted by Gasteiger charge is -2.45. The van der Waals surface area contributed by atoms with Gasteiger partial charge in [0, 0.05) is 29.2 Å². The first-order valence-corrected chi connectivity index (χ1v) is 19.0. The number of nitrogens with two attached hydrogens (primary N) is 1. The van der Waals surface area contributed by atoms with Crippen LogP contribution in [0.1, 0.15) is 67.9 Å². The summed E-state index contributed by atoms with van der Waals surface area (Å²) in [4.78, 5) is 15.4. The second-order valence-electron chi connectivity index (χ2n) is 13.4. The lowest BCUT2D eigenvalue weighted by molar-refractivity contribution is 0.0696. The van der Waals surface area contributed by atoms with Crippen LogP contribution in [0.25, 0.3) is 0 Å². The zero-order valence-corrected chi connectivity index (χ0v) is 29.3. The molecule has 3 aliphatic rings. The van der Waals surface area contributed by atoms with Gasteiger partial charge in [0.2, 0.25) is 10.0 Å². The molecule has 3 N–H and O–H groups in total.